The van der Waals surface area contributed by atoms with E-state index in [4.69, 9.17) is 0 Å². The number of nitrogens with one attached hydrogen (secondary N) is 1. The summed E-state index contributed by atoms with van der Waals surface area (Å²) in [5.41, 5.74) is 0. The third-order valence-corrected chi connectivity index (χ3v) is 6.40. The summed E-state index contributed by atoms with van der Waals surface area (Å²) >= 11 is 3.27. The molecule has 0 radical (unpaired) electrons. The Kier molecular flexibility index (Phi) is 7.14. The molecule has 0 aliphatic carbocycles. The van der Waals surface area contributed by atoms with Crippen molar-refractivity contribution < 1.29 is 9.59 Å². The van der Waals surface area contributed by atoms with E-state index in [0.29, 0.717) is 13.1 Å². The Balaban J connectivity index is 1.38. The minimum absolute atomic E-state index is 0.0526. The molecule has 1 unspecified atom stereocenters. The van der Waals surface area contributed by atoms with Crippen LogP contribution in [0.2, 0.25) is 0 Å². The van der Waals surface area contributed by atoms with Crippen LogP contribution in [0.5, 0.6) is 0 Å². The predicted octanol–water partition coefficient (Wildman–Crippen LogP) is 3.90. The molecular formula is C20H24N2O2S2. The van der Waals surface area contributed by atoms with Crippen molar-refractivity contribution in [1.29, 1.82) is 0 Å². The van der Waals surface area contributed by atoms with Crippen LogP contribution < -0.4 is 5.32 Å². The van der Waals surface area contributed by atoms with Crippen LogP contribution in [0.15, 0.2) is 52.7 Å². The van der Waals surface area contributed by atoms with Crippen molar-refractivity contribution in [2.45, 2.75) is 24.2 Å². The van der Waals surface area contributed by atoms with Gasteiger partial charge in [-0.25, -0.2) is 0 Å². The van der Waals surface area contributed by atoms with Crippen LogP contribution in [0.4, 0.5) is 0 Å². The van der Waals surface area contributed by atoms with Gasteiger partial charge >= 0.3 is 0 Å². The number of likely N-dealkylation sites (tertiary alicyclic amines) is 1. The van der Waals surface area contributed by atoms with E-state index in [1.807, 2.05) is 52.4 Å². The van der Waals surface area contributed by atoms with Crippen molar-refractivity contribution >= 4 is 34.9 Å². The van der Waals surface area contributed by atoms with Gasteiger partial charge in [-0.05, 0) is 48.6 Å². The van der Waals surface area contributed by atoms with E-state index < -0.39 is 0 Å². The van der Waals surface area contributed by atoms with Crippen LogP contribution in [-0.4, -0.2) is 42.1 Å². The number of hydrogen-bond acceptors (Lipinski definition) is 4. The molecule has 1 aliphatic rings. The van der Waals surface area contributed by atoms with Crippen LogP contribution in [0, 0.1) is 5.92 Å². The molecule has 1 aliphatic heterocycles. The molecular weight excluding hydrogens is 364 g/mol. The van der Waals surface area contributed by atoms with Gasteiger partial charge in [-0.15, -0.1) is 23.1 Å². The average molecular weight is 389 g/mol. The van der Waals surface area contributed by atoms with Crippen molar-refractivity contribution in [2.75, 3.05) is 25.4 Å². The smallest absolute Gasteiger partial charge is 0.263 e. The second kappa shape index (κ2) is 9.78. The van der Waals surface area contributed by atoms with Crippen molar-refractivity contribution in [3.63, 3.8) is 0 Å². The number of carbonyl (C=O) groups is 2. The first-order valence-corrected chi connectivity index (χ1v) is 10.9. The van der Waals surface area contributed by atoms with E-state index in [2.05, 4.69) is 17.4 Å². The lowest BCUT2D eigenvalue weighted by Gasteiger charge is -2.31. The number of thioether (sulfide) groups is 1. The van der Waals surface area contributed by atoms with Gasteiger partial charge in [-0.2, -0.15) is 0 Å². The summed E-state index contributed by atoms with van der Waals surface area (Å²) in [5, 5.41) is 4.96. The standard InChI is InChI=1S/C20H24N2O2S2/c23-19(21-11-6-14-25-17-8-2-1-3-9-17)16-7-4-12-22(15-16)20(24)18-10-5-13-26-18/h1-3,5,8-10,13,16H,4,6-7,11-12,14-15H2,(H,21,23). The highest BCUT2D eigenvalue weighted by Crippen LogP contribution is 2.21. The summed E-state index contributed by atoms with van der Waals surface area (Å²) in [5.74, 6) is 1.03. The van der Waals surface area contributed by atoms with Crippen molar-refractivity contribution in [3.05, 3.63) is 52.7 Å². The molecule has 1 N–H and O–H groups in total. The average Bonchev–Trinajstić information content (AvgIpc) is 3.23. The minimum atomic E-state index is -0.0885. The normalized spacial score (nSPS) is 17.1. The van der Waals surface area contributed by atoms with Gasteiger partial charge in [0, 0.05) is 24.5 Å². The summed E-state index contributed by atoms with van der Waals surface area (Å²) in [4.78, 5) is 28.7. The van der Waals surface area contributed by atoms with Gasteiger partial charge in [0.05, 0.1) is 10.8 Å². The summed E-state index contributed by atoms with van der Waals surface area (Å²) < 4.78 is 0. The van der Waals surface area contributed by atoms with Crippen LogP contribution >= 0.6 is 23.1 Å². The Morgan fingerprint density at radius 3 is 2.81 bits per heavy atom. The fraction of sp³-hybridized carbons (Fsp3) is 0.400. The lowest BCUT2D eigenvalue weighted by atomic mass is 9.97. The van der Waals surface area contributed by atoms with E-state index in [9.17, 15) is 9.59 Å². The number of carbonyl (C=O) groups excluding carboxylic acids is 2. The van der Waals surface area contributed by atoms with Crippen LogP contribution in [0.3, 0.4) is 0 Å². The monoisotopic (exact) mass is 388 g/mol. The van der Waals surface area contributed by atoms with Crippen molar-refractivity contribution in [2.24, 2.45) is 5.92 Å². The fourth-order valence-corrected chi connectivity index (χ4v) is 4.63. The number of nitrogens with zero attached hydrogens (tertiary/aromatic N) is 1. The molecule has 2 aromatic rings. The highest BCUT2D eigenvalue weighted by atomic mass is 32.2. The van der Waals surface area contributed by atoms with Gasteiger partial charge in [-0.1, -0.05) is 24.3 Å². The Labute approximate surface area is 163 Å². The van der Waals surface area contributed by atoms with E-state index in [-0.39, 0.29) is 17.7 Å². The van der Waals surface area contributed by atoms with E-state index in [0.717, 1.165) is 36.4 Å². The molecule has 1 atom stereocenters. The first kappa shape index (κ1) is 19.0. The van der Waals surface area contributed by atoms with Gasteiger partial charge in [0.2, 0.25) is 5.91 Å². The van der Waals surface area contributed by atoms with Gasteiger partial charge in [-0.3, -0.25) is 9.59 Å². The first-order valence-electron chi connectivity index (χ1n) is 9.02. The number of thiophene rings is 1. The maximum Gasteiger partial charge on any atom is 0.263 e. The first-order chi connectivity index (χ1) is 12.7. The largest absolute Gasteiger partial charge is 0.356 e. The molecule has 1 aromatic carbocycles. The molecule has 1 aromatic heterocycles. The molecule has 0 saturated carbocycles. The number of amides is 2. The van der Waals surface area contributed by atoms with Crippen LogP contribution in [0.25, 0.3) is 0 Å². The number of hydrogen-bond donors (Lipinski definition) is 1. The van der Waals surface area contributed by atoms with Crippen LogP contribution in [-0.2, 0) is 4.79 Å². The van der Waals surface area contributed by atoms with E-state index in [1.165, 1.54) is 16.2 Å². The number of piperidine rings is 1. The maximum absolute atomic E-state index is 12.5. The summed E-state index contributed by atoms with van der Waals surface area (Å²) in [7, 11) is 0. The van der Waals surface area contributed by atoms with Crippen molar-refractivity contribution in [3.8, 4) is 0 Å². The zero-order valence-electron chi connectivity index (χ0n) is 14.7. The zero-order valence-corrected chi connectivity index (χ0v) is 16.4. The number of rotatable bonds is 7. The topological polar surface area (TPSA) is 49.4 Å². The quantitative estimate of drug-likeness (QED) is 0.578. The molecule has 0 bridgehead atoms. The van der Waals surface area contributed by atoms with Gasteiger partial charge in [0.15, 0.2) is 0 Å². The fourth-order valence-electron chi connectivity index (χ4n) is 3.07. The van der Waals surface area contributed by atoms with Crippen molar-refractivity contribution in [1.82, 2.24) is 10.2 Å². The molecule has 4 nitrogen and oxygen atoms in total. The summed E-state index contributed by atoms with van der Waals surface area (Å²) in [6, 6.07) is 14.0. The van der Waals surface area contributed by atoms with Crippen LogP contribution in [0.1, 0.15) is 28.9 Å². The lowest BCUT2D eigenvalue weighted by Crippen LogP contribution is -2.45. The third kappa shape index (κ3) is 5.35. The van der Waals surface area contributed by atoms with Gasteiger partial charge in [0.25, 0.3) is 5.91 Å². The third-order valence-electron chi connectivity index (χ3n) is 4.44. The number of benzene rings is 1. The SMILES string of the molecule is O=C(NCCCSc1ccccc1)C1CCCN(C(=O)c2cccs2)C1. The highest BCUT2D eigenvalue weighted by Gasteiger charge is 2.28. The van der Waals surface area contributed by atoms with Gasteiger partial charge in [0.1, 0.15) is 0 Å². The molecule has 2 heterocycles. The molecule has 0 spiro atoms. The summed E-state index contributed by atoms with van der Waals surface area (Å²) in [6.07, 6.45) is 2.69. The predicted molar refractivity (Wildman–Crippen MR) is 108 cm³/mol. The Morgan fingerprint density at radius 1 is 1.19 bits per heavy atom. The Morgan fingerprint density at radius 2 is 2.04 bits per heavy atom. The Hall–Kier alpha value is -1.79. The molecule has 2 amide bonds. The summed E-state index contributed by atoms with van der Waals surface area (Å²) in [6.45, 7) is 1.96. The molecule has 138 valence electrons. The van der Waals surface area contributed by atoms with Gasteiger partial charge < -0.3 is 10.2 Å². The Bertz CT molecular complexity index is 704. The molecule has 26 heavy (non-hydrogen) atoms. The van der Waals surface area contributed by atoms with E-state index >= 15 is 0 Å². The second-order valence-corrected chi connectivity index (χ2v) is 8.49. The lowest BCUT2D eigenvalue weighted by molar-refractivity contribution is -0.126. The highest BCUT2D eigenvalue weighted by molar-refractivity contribution is 7.99. The molecule has 1 saturated heterocycles. The second-order valence-electron chi connectivity index (χ2n) is 6.37. The minimum Gasteiger partial charge on any atom is -0.356 e. The zero-order chi connectivity index (χ0) is 18.2. The van der Waals surface area contributed by atoms with E-state index in [1.54, 1.807) is 0 Å². The molecule has 3 rings (SSSR count). The molecule has 6 heteroatoms. The molecule has 1 fully saturated rings. The maximum atomic E-state index is 12.5.